The lowest BCUT2D eigenvalue weighted by Crippen LogP contribution is -1.93. The lowest BCUT2D eigenvalue weighted by atomic mass is 9.96. The standard InChI is InChI=1S/C19H21O2/c20-16-21-15-9-2-1-4-10-18-13-7-8-14-19(18)17-11-5-3-6-12-17/h3,5-8,11-14H,1-2,4,9-10,15H2. The maximum Gasteiger partial charge on any atom is 0.417 e. The summed E-state index contributed by atoms with van der Waals surface area (Å²) in [4.78, 5) is 9.90. The third kappa shape index (κ3) is 5.07. The van der Waals surface area contributed by atoms with Crippen molar-refractivity contribution in [2.45, 2.75) is 32.1 Å². The predicted molar refractivity (Wildman–Crippen MR) is 85.7 cm³/mol. The van der Waals surface area contributed by atoms with E-state index >= 15 is 0 Å². The van der Waals surface area contributed by atoms with Gasteiger partial charge >= 0.3 is 6.47 Å². The van der Waals surface area contributed by atoms with Gasteiger partial charge in [0.1, 0.15) is 0 Å². The van der Waals surface area contributed by atoms with E-state index in [9.17, 15) is 4.79 Å². The van der Waals surface area contributed by atoms with Gasteiger partial charge in [0, 0.05) is 0 Å². The molecular weight excluding hydrogens is 260 g/mol. The number of hydrogen-bond acceptors (Lipinski definition) is 2. The van der Waals surface area contributed by atoms with E-state index in [-0.39, 0.29) is 0 Å². The van der Waals surface area contributed by atoms with Crippen LogP contribution in [0.1, 0.15) is 31.2 Å². The van der Waals surface area contributed by atoms with Gasteiger partial charge in [-0.2, -0.15) is 0 Å². The van der Waals surface area contributed by atoms with E-state index in [0.717, 1.165) is 32.1 Å². The number of rotatable bonds is 9. The van der Waals surface area contributed by atoms with E-state index < -0.39 is 0 Å². The molecule has 109 valence electrons. The number of aryl methyl sites for hydroxylation is 1. The molecule has 0 N–H and O–H groups in total. The summed E-state index contributed by atoms with van der Waals surface area (Å²) in [6.07, 6.45) is 5.43. The Hall–Kier alpha value is -2.09. The molecule has 0 amide bonds. The zero-order valence-corrected chi connectivity index (χ0v) is 12.3. The minimum Gasteiger partial charge on any atom is -0.457 e. The lowest BCUT2D eigenvalue weighted by molar-refractivity contribution is 0.269. The number of unbranched alkanes of at least 4 members (excludes halogenated alkanes) is 3. The normalized spacial score (nSPS) is 10.3. The van der Waals surface area contributed by atoms with Crippen molar-refractivity contribution in [3.63, 3.8) is 0 Å². The fourth-order valence-corrected chi connectivity index (χ4v) is 2.52. The smallest absolute Gasteiger partial charge is 0.417 e. The summed E-state index contributed by atoms with van der Waals surface area (Å²) in [5.74, 6) is 0. The first kappa shape index (κ1) is 15.3. The fraction of sp³-hybridized carbons (Fsp3) is 0.316. The van der Waals surface area contributed by atoms with Gasteiger partial charge < -0.3 is 4.74 Å². The second-order valence-electron chi connectivity index (χ2n) is 5.12. The maximum atomic E-state index is 9.90. The first-order valence-electron chi connectivity index (χ1n) is 7.54. The van der Waals surface area contributed by atoms with Crippen LogP contribution >= 0.6 is 0 Å². The summed E-state index contributed by atoms with van der Waals surface area (Å²) in [5, 5.41) is 0. The zero-order chi connectivity index (χ0) is 14.8. The molecule has 0 bridgehead atoms. The Morgan fingerprint density at radius 3 is 2.33 bits per heavy atom. The third-order valence-corrected chi connectivity index (χ3v) is 3.60. The van der Waals surface area contributed by atoms with Crippen LogP contribution in [0.2, 0.25) is 0 Å². The molecule has 0 aliphatic carbocycles. The molecule has 0 fully saturated rings. The second-order valence-corrected chi connectivity index (χ2v) is 5.12. The average molecular weight is 281 g/mol. The van der Waals surface area contributed by atoms with Crippen LogP contribution < -0.4 is 0 Å². The fourth-order valence-electron chi connectivity index (χ4n) is 2.52. The first-order valence-corrected chi connectivity index (χ1v) is 7.54. The SMILES string of the molecule is O=[C]OCCCCCCc1ccccc1-c1ccccc1. The monoisotopic (exact) mass is 281 g/mol. The van der Waals surface area contributed by atoms with Crippen LogP contribution in [0.15, 0.2) is 54.6 Å². The van der Waals surface area contributed by atoms with E-state index in [4.69, 9.17) is 0 Å². The highest BCUT2D eigenvalue weighted by atomic mass is 16.5. The van der Waals surface area contributed by atoms with Crippen LogP contribution in [0.3, 0.4) is 0 Å². The van der Waals surface area contributed by atoms with Crippen molar-refractivity contribution in [2.75, 3.05) is 6.61 Å². The Morgan fingerprint density at radius 1 is 0.810 bits per heavy atom. The van der Waals surface area contributed by atoms with E-state index in [1.807, 2.05) is 6.07 Å². The molecule has 0 unspecified atom stereocenters. The molecule has 0 aromatic heterocycles. The van der Waals surface area contributed by atoms with Crippen LogP contribution in [0.5, 0.6) is 0 Å². The van der Waals surface area contributed by atoms with E-state index in [1.54, 1.807) is 0 Å². The Labute approximate surface area is 126 Å². The molecule has 0 spiro atoms. The number of carbonyl (C=O) groups excluding carboxylic acids is 1. The van der Waals surface area contributed by atoms with Crippen molar-refractivity contribution >= 4 is 6.47 Å². The molecule has 0 saturated heterocycles. The molecule has 0 atom stereocenters. The van der Waals surface area contributed by atoms with Crippen molar-refractivity contribution in [1.29, 1.82) is 0 Å². The van der Waals surface area contributed by atoms with Crippen molar-refractivity contribution in [3.8, 4) is 11.1 Å². The predicted octanol–water partition coefficient (Wildman–Crippen LogP) is 4.54. The van der Waals surface area contributed by atoms with Gasteiger partial charge in [-0.1, -0.05) is 67.4 Å². The Bertz CT molecular complexity index is 534. The summed E-state index contributed by atoms with van der Waals surface area (Å²) in [5.41, 5.74) is 4.01. The number of hydrogen-bond donors (Lipinski definition) is 0. The van der Waals surface area contributed by atoms with Gasteiger partial charge in [-0.25, -0.2) is 4.79 Å². The van der Waals surface area contributed by atoms with Crippen LogP contribution in [-0.4, -0.2) is 13.1 Å². The minimum absolute atomic E-state index is 0.490. The van der Waals surface area contributed by atoms with Crippen LogP contribution in [-0.2, 0) is 16.0 Å². The van der Waals surface area contributed by atoms with Gasteiger partial charge in [0.15, 0.2) is 0 Å². The Morgan fingerprint density at radius 2 is 1.52 bits per heavy atom. The first-order chi connectivity index (χ1) is 10.4. The average Bonchev–Trinajstić information content (AvgIpc) is 2.55. The summed E-state index contributed by atoms with van der Waals surface area (Å²) in [6.45, 7) is 1.95. The van der Waals surface area contributed by atoms with Crippen LogP contribution in [0.4, 0.5) is 0 Å². The molecule has 2 aromatic carbocycles. The van der Waals surface area contributed by atoms with Gasteiger partial charge in [-0.05, 0) is 36.0 Å². The Kier molecular flexibility index (Phi) is 6.53. The third-order valence-electron chi connectivity index (χ3n) is 3.60. The highest BCUT2D eigenvalue weighted by Crippen LogP contribution is 2.24. The molecular formula is C19H21O2. The minimum atomic E-state index is 0.490. The van der Waals surface area contributed by atoms with Crippen molar-refractivity contribution < 1.29 is 9.53 Å². The lowest BCUT2D eigenvalue weighted by Gasteiger charge is -2.09. The highest BCUT2D eigenvalue weighted by Gasteiger charge is 2.03. The van der Waals surface area contributed by atoms with E-state index in [1.165, 1.54) is 23.2 Å². The van der Waals surface area contributed by atoms with Crippen molar-refractivity contribution in [3.05, 3.63) is 60.2 Å². The maximum absolute atomic E-state index is 9.90. The molecule has 0 heterocycles. The summed E-state index contributed by atoms with van der Waals surface area (Å²) < 4.78 is 4.57. The molecule has 1 radical (unpaired) electrons. The highest BCUT2D eigenvalue weighted by molar-refractivity contribution is 5.67. The summed E-state index contributed by atoms with van der Waals surface area (Å²) in [7, 11) is 0. The van der Waals surface area contributed by atoms with E-state index in [0.29, 0.717) is 6.61 Å². The summed E-state index contributed by atoms with van der Waals surface area (Å²) >= 11 is 0. The van der Waals surface area contributed by atoms with Crippen LogP contribution in [0.25, 0.3) is 11.1 Å². The van der Waals surface area contributed by atoms with Gasteiger partial charge in [-0.15, -0.1) is 0 Å². The number of benzene rings is 2. The van der Waals surface area contributed by atoms with Gasteiger partial charge in [0.2, 0.25) is 0 Å². The number of ether oxygens (including phenoxy) is 1. The molecule has 0 aliphatic heterocycles. The summed E-state index contributed by atoms with van der Waals surface area (Å²) in [6, 6.07) is 19.1. The largest absolute Gasteiger partial charge is 0.457 e. The zero-order valence-electron chi connectivity index (χ0n) is 12.3. The van der Waals surface area contributed by atoms with Crippen molar-refractivity contribution in [2.24, 2.45) is 0 Å². The Balaban J connectivity index is 1.85. The van der Waals surface area contributed by atoms with Gasteiger partial charge in [0.25, 0.3) is 0 Å². The molecule has 0 aliphatic rings. The molecule has 2 rings (SSSR count). The molecule has 21 heavy (non-hydrogen) atoms. The van der Waals surface area contributed by atoms with Gasteiger partial charge in [0.05, 0.1) is 6.61 Å². The van der Waals surface area contributed by atoms with E-state index in [2.05, 4.69) is 53.3 Å². The molecule has 2 heteroatoms. The molecule has 2 nitrogen and oxygen atoms in total. The molecule has 2 aromatic rings. The second kappa shape index (κ2) is 8.96. The molecule has 0 saturated carbocycles. The topological polar surface area (TPSA) is 26.3 Å². The van der Waals surface area contributed by atoms with Crippen molar-refractivity contribution in [1.82, 2.24) is 0 Å². The van der Waals surface area contributed by atoms with Crippen LogP contribution in [0, 0.1) is 0 Å². The van der Waals surface area contributed by atoms with Gasteiger partial charge in [-0.3, -0.25) is 0 Å². The quantitative estimate of drug-likeness (QED) is 0.631.